The SMILES string of the molecule is Cc1cccc(-c2nccc(Nc3ccnc(Cc4ccc(-c5c(C)noc5C)cc4)n3)n2)n1. The Morgan fingerprint density at radius 2 is 1.56 bits per heavy atom. The molecule has 5 aromatic rings. The minimum atomic E-state index is 0.557. The van der Waals surface area contributed by atoms with Gasteiger partial charge in [-0.1, -0.05) is 35.5 Å². The van der Waals surface area contributed by atoms with Crippen LogP contribution in [-0.4, -0.2) is 30.1 Å². The van der Waals surface area contributed by atoms with Crippen molar-refractivity contribution in [2.45, 2.75) is 27.2 Å². The third-order valence-corrected chi connectivity index (χ3v) is 5.37. The zero-order valence-electron chi connectivity index (χ0n) is 19.1. The molecule has 0 fully saturated rings. The van der Waals surface area contributed by atoms with Gasteiger partial charge in [-0.3, -0.25) is 0 Å². The summed E-state index contributed by atoms with van der Waals surface area (Å²) in [5.41, 5.74) is 5.77. The minimum absolute atomic E-state index is 0.557. The first-order valence-electron chi connectivity index (χ1n) is 10.9. The molecule has 4 heterocycles. The van der Waals surface area contributed by atoms with Gasteiger partial charge in [0.25, 0.3) is 0 Å². The monoisotopic (exact) mass is 449 g/mol. The molecule has 8 nitrogen and oxygen atoms in total. The number of aryl methyl sites for hydroxylation is 3. The third-order valence-electron chi connectivity index (χ3n) is 5.37. The van der Waals surface area contributed by atoms with E-state index in [-0.39, 0.29) is 0 Å². The third kappa shape index (κ3) is 4.66. The Bertz CT molecular complexity index is 1420. The predicted octanol–water partition coefficient (Wildman–Crippen LogP) is 5.24. The normalized spacial score (nSPS) is 10.9. The predicted molar refractivity (Wildman–Crippen MR) is 130 cm³/mol. The Morgan fingerprint density at radius 3 is 2.29 bits per heavy atom. The van der Waals surface area contributed by atoms with Gasteiger partial charge in [-0.25, -0.2) is 24.9 Å². The number of rotatable bonds is 6. The fraction of sp³-hybridized carbons (Fsp3) is 0.154. The molecule has 1 N–H and O–H groups in total. The second-order valence-electron chi connectivity index (χ2n) is 7.99. The van der Waals surface area contributed by atoms with Crippen LogP contribution in [0.15, 0.2) is 71.5 Å². The lowest BCUT2D eigenvalue weighted by Gasteiger charge is -2.08. The summed E-state index contributed by atoms with van der Waals surface area (Å²) < 4.78 is 5.29. The number of nitrogens with one attached hydrogen (secondary N) is 1. The quantitative estimate of drug-likeness (QED) is 0.375. The van der Waals surface area contributed by atoms with E-state index in [0.717, 1.165) is 39.5 Å². The number of pyridine rings is 1. The van der Waals surface area contributed by atoms with E-state index in [1.165, 1.54) is 0 Å². The molecule has 0 unspecified atom stereocenters. The van der Waals surface area contributed by atoms with Crippen LogP contribution >= 0.6 is 0 Å². The second kappa shape index (κ2) is 9.19. The number of anilines is 2. The van der Waals surface area contributed by atoms with Crippen LogP contribution in [0.25, 0.3) is 22.6 Å². The largest absolute Gasteiger partial charge is 0.361 e. The van der Waals surface area contributed by atoms with Crippen molar-refractivity contribution < 1.29 is 4.52 Å². The molecule has 0 spiro atoms. The van der Waals surface area contributed by atoms with Crippen molar-refractivity contribution in [2.75, 3.05) is 5.32 Å². The molecular formula is C26H23N7O. The van der Waals surface area contributed by atoms with Gasteiger partial charge in [-0.15, -0.1) is 0 Å². The van der Waals surface area contributed by atoms with Crippen molar-refractivity contribution in [3.05, 3.63) is 95.5 Å². The fourth-order valence-corrected chi connectivity index (χ4v) is 3.77. The smallest absolute Gasteiger partial charge is 0.180 e. The summed E-state index contributed by atoms with van der Waals surface area (Å²) in [6.07, 6.45) is 4.06. The molecule has 0 saturated carbocycles. The second-order valence-corrected chi connectivity index (χ2v) is 7.99. The first kappa shape index (κ1) is 21.4. The van der Waals surface area contributed by atoms with Gasteiger partial charge in [0.1, 0.15) is 28.9 Å². The highest BCUT2D eigenvalue weighted by Crippen LogP contribution is 2.27. The first-order valence-corrected chi connectivity index (χ1v) is 10.9. The zero-order valence-corrected chi connectivity index (χ0v) is 19.1. The van der Waals surface area contributed by atoms with Crippen LogP contribution in [0.5, 0.6) is 0 Å². The van der Waals surface area contributed by atoms with Crippen molar-refractivity contribution in [3.8, 4) is 22.6 Å². The summed E-state index contributed by atoms with van der Waals surface area (Å²) in [6, 6.07) is 17.7. The standard InChI is InChI=1S/C26H23N7O/c1-16-5-4-6-21(29-16)26-28-14-12-23(32-26)30-22-11-13-27-24(31-22)15-19-7-9-20(10-8-19)25-17(2)33-34-18(25)3/h4-14H,15H2,1-3H3,(H,27,28,30,31,32). The maximum absolute atomic E-state index is 5.29. The van der Waals surface area contributed by atoms with Gasteiger partial charge in [-0.2, -0.15) is 0 Å². The summed E-state index contributed by atoms with van der Waals surface area (Å²) >= 11 is 0. The summed E-state index contributed by atoms with van der Waals surface area (Å²) in [4.78, 5) is 22.5. The molecule has 34 heavy (non-hydrogen) atoms. The molecule has 4 aromatic heterocycles. The number of aromatic nitrogens is 6. The van der Waals surface area contributed by atoms with Gasteiger partial charge in [0.2, 0.25) is 0 Å². The Kier molecular flexibility index (Phi) is 5.78. The van der Waals surface area contributed by atoms with Gasteiger partial charge >= 0.3 is 0 Å². The Hall–Kier alpha value is -4.46. The molecule has 0 radical (unpaired) electrons. The molecule has 0 bridgehead atoms. The maximum atomic E-state index is 5.29. The van der Waals surface area contributed by atoms with Crippen LogP contribution in [0, 0.1) is 20.8 Å². The molecule has 0 saturated heterocycles. The van der Waals surface area contributed by atoms with Crippen molar-refractivity contribution >= 4 is 11.6 Å². The molecule has 168 valence electrons. The van der Waals surface area contributed by atoms with Crippen LogP contribution < -0.4 is 5.32 Å². The lowest BCUT2D eigenvalue weighted by molar-refractivity contribution is 0.393. The highest BCUT2D eigenvalue weighted by atomic mass is 16.5. The molecule has 1 aromatic carbocycles. The van der Waals surface area contributed by atoms with E-state index in [1.54, 1.807) is 18.5 Å². The highest BCUT2D eigenvalue weighted by Gasteiger charge is 2.12. The zero-order chi connectivity index (χ0) is 23.5. The summed E-state index contributed by atoms with van der Waals surface area (Å²) in [6.45, 7) is 5.82. The highest BCUT2D eigenvalue weighted by molar-refractivity contribution is 5.67. The van der Waals surface area contributed by atoms with E-state index in [0.29, 0.717) is 29.7 Å². The van der Waals surface area contributed by atoms with E-state index in [2.05, 4.69) is 59.7 Å². The summed E-state index contributed by atoms with van der Waals surface area (Å²) in [7, 11) is 0. The molecule has 8 heteroatoms. The lowest BCUT2D eigenvalue weighted by Crippen LogP contribution is -2.03. The first-order chi connectivity index (χ1) is 16.5. The van der Waals surface area contributed by atoms with Crippen molar-refractivity contribution in [2.24, 2.45) is 0 Å². The Balaban J connectivity index is 1.31. The number of hydrogen-bond acceptors (Lipinski definition) is 8. The van der Waals surface area contributed by atoms with Crippen molar-refractivity contribution in [1.82, 2.24) is 30.1 Å². The van der Waals surface area contributed by atoms with Crippen LogP contribution in [0.2, 0.25) is 0 Å². The molecule has 0 atom stereocenters. The molecule has 0 amide bonds. The molecular weight excluding hydrogens is 426 g/mol. The van der Waals surface area contributed by atoms with Crippen LogP contribution in [0.4, 0.5) is 11.6 Å². The topological polar surface area (TPSA) is 103 Å². The lowest BCUT2D eigenvalue weighted by atomic mass is 10.0. The summed E-state index contributed by atoms with van der Waals surface area (Å²) in [5, 5.41) is 7.29. The fourth-order valence-electron chi connectivity index (χ4n) is 3.77. The maximum Gasteiger partial charge on any atom is 0.180 e. The Labute approximate surface area is 197 Å². The minimum Gasteiger partial charge on any atom is -0.361 e. The van der Waals surface area contributed by atoms with Crippen molar-refractivity contribution in [1.29, 1.82) is 0 Å². The summed E-state index contributed by atoms with van der Waals surface area (Å²) in [5.74, 6) is 3.39. The van der Waals surface area contributed by atoms with Crippen LogP contribution in [0.1, 0.15) is 28.5 Å². The molecule has 0 aliphatic rings. The van der Waals surface area contributed by atoms with E-state index < -0.39 is 0 Å². The van der Waals surface area contributed by atoms with Gasteiger partial charge in [0.15, 0.2) is 5.82 Å². The van der Waals surface area contributed by atoms with Gasteiger partial charge in [-0.05, 0) is 56.2 Å². The van der Waals surface area contributed by atoms with E-state index >= 15 is 0 Å². The van der Waals surface area contributed by atoms with E-state index in [1.807, 2.05) is 45.0 Å². The van der Waals surface area contributed by atoms with Gasteiger partial charge in [0.05, 0.1) is 5.69 Å². The average molecular weight is 450 g/mol. The van der Waals surface area contributed by atoms with Gasteiger partial charge in [0, 0.05) is 30.1 Å². The molecule has 0 aliphatic heterocycles. The van der Waals surface area contributed by atoms with Crippen molar-refractivity contribution in [3.63, 3.8) is 0 Å². The molecule has 5 rings (SSSR count). The van der Waals surface area contributed by atoms with E-state index in [9.17, 15) is 0 Å². The molecule has 0 aliphatic carbocycles. The van der Waals surface area contributed by atoms with Crippen LogP contribution in [-0.2, 0) is 6.42 Å². The number of nitrogens with zero attached hydrogens (tertiary/aromatic N) is 6. The average Bonchev–Trinajstić information content (AvgIpc) is 3.18. The van der Waals surface area contributed by atoms with E-state index in [4.69, 9.17) is 4.52 Å². The van der Waals surface area contributed by atoms with Gasteiger partial charge < -0.3 is 9.84 Å². The number of benzene rings is 1. The Morgan fingerprint density at radius 1 is 0.794 bits per heavy atom. The number of hydrogen-bond donors (Lipinski definition) is 1. The van der Waals surface area contributed by atoms with Crippen LogP contribution in [0.3, 0.4) is 0 Å².